The Balaban J connectivity index is 1.77. The summed E-state index contributed by atoms with van der Waals surface area (Å²) in [6.45, 7) is 4.75. The molecule has 2 aromatic rings. The van der Waals surface area contributed by atoms with E-state index in [1.807, 2.05) is 44.2 Å². The normalized spacial score (nSPS) is 14.9. The number of benzene rings is 2. The van der Waals surface area contributed by atoms with Crippen LogP contribution in [0.2, 0.25) is 0 Å². The fourth-order valence-electron chi connectivity index (χ4n) is 3.52. The second kappa shape index (κ2) is 8.25. The highest BCUT2D eigenvalue weighted by Gasteiger charge is 2.22. The summed E-state index contributed by atoms with van der Waals surface area (Å²) in [4.78, 5) is 26.5. The summed E-state index contributed by atoms with van der Waals surface area (Å²) in [6, 6.07) is 13.2. The van der Waals surface area contributed by atoms with Gasteiger partial charge >= 0.3 is 0 Å². The summed E-state index contributed by atoms with van der Waals surface area (Å²) >= 11 is 0. The molecule has 0 aliphatic carbocycles. The van der Waals surface area contributed by atoms with Crippen molar-refractivity contribution >= 4 is 17.5 Å². The van der Waals surface area contributed by atoms with E-state index in [1.54, 1.807) is 24.1 Å². The summed E-state index contributed by atoms with van der Waals surface area (Å²) in [7, 11) is 1.65. The number of ether oxygens (including phenoxy) is 1. The Morgan fingerprint density at radius 1 is 1.26 bits per heavy atom. The molecule has 1 unspecified atom stereocenters. The van der Waals surface area contributed by atoms with E-state index < -0.39 is 0 Å². The summed E-state index contributed by atoms with van der Waals surface area (Å²) in [6.07, 6.45) is 2.22. The van der Waals surface area contributed by atoms with Gasteiger partial charge in [0.2, 0.25) is 5.91 Å². The lowest BCUT2D eigenvalue weighted by atomic mass is 10.0. The molecule has 5 nitrogen and oxygen atoms in total. The molecule has 1 aliphatic rings. The predicted octanol–water partition coefficient (Wildman–Crippen LogP) is 4.01. The first-order valence-electron chi connectivity index (χ1n) is 9.39. The monoisotopic (exact) mass is 366 g/mol. The Labute approximate surface area is 160 Å². The molecule has 1 aliphatic heterocycles. The van der Waals surface area contributed by atoms with Crippen LogP contribution in [0.4, 0.5) is 5.69 Å². The van der Waals surface area contributed by atoms with Crippen LogP contribution in [0.3, 0.4) is 0 Å². The van der Waals surface area contributed by atoms with Gasteiger partial charge in [-0.2, -0.15) is 0 Å². The Morgan fingerprint density at radius 3 is 2.70 bits per heavy atom. The van der Waals surface area contributed by atoms with Crippen molar-refractivity contribution in [2.45, 2.75) is 39.2 Å². The van der Waals surface area contributed by atoms with E-state index in [9.17, 15) is 9.59 Å². The van der Waals surface area contributed by atoms with Crippen LogP contribution in [0.25, 0.3) is 0 Å². The summed E-state index contributed by atoms with van der Waals surface area (Å²) in [5.41, 5.74) is 3.45. The maximum Gasteiger partial charge on any atom is 0.251 e. The number of carbonyl (C=O) groups is 2. The molecular weight excluding hydrogens is 340 g/mol. The van der Waals surface area contributed by atoms with Gasteiger partial charge in [-0.3, -0.25) is 9.59 Å². The van der Waals surface area contributed by atoms with E-state index >= 15 is 0 Å². The van der Waals surface area contributed by atoms with Gasteiger partial charge in [0.05, 0.1) is 13.2 Å². The first-order valence-corrected chi connectivity index (χ1v) is 9.39. The second-order valence-corrected chi connectivity index (χ2v) is 6.86. The van der Waals surface area contributed by atoms with Crippen LogP contribution in [-0.2, 0) is 4.79 Å². The van der Waals surface area contributed by atoms with Gasteiger partial charge in [-0.05, 0) is 55.2 Å². The van der Waals surface area contributed by atoms with Crippen LogP contribution in [0.5, 0.6) is 5.75 Å². The minimum absolute atomic E-state index is 0.0841. The SMILES string of the molecule is CCC(NC(=O)c1cccc(N2CCCC2=O)c1)c1ccc(OC)c(C)c1. The van der Waals surface area contributed by atoms with Crippen LogP contribution in [-0.4, -0.2) is 25.5 Å². The Hall–Kier alpha value is -2.82. The van der Waals surface area contributed by atoms with Crippen molar-refractivity contribution in [1.29, 1.82) is 0 Å². The van der Waals surface area contributed by atoms with Crippen molar-refractivity contribution in [1.82, 2.24) is 5.32 Å². The van der Waals surface area contributed by atoms with Crippen molar-refractivity contribution in [2.24, 2.45) is 0 Å². The zero-order chi connectivity index (χ0) is 19.4. The molecule has 0 spiro atoms. The first-order chi connectivity index (χ1) is 13.0. The molecule has 0 bridgehead atoms. The number of nitrogens with one attached hydrogen (secondary N) is 1. The molecular formula is C22H26N2O3. The highest BCUT2D eigenvalue weighted by molar-refractivity contribution is 5.99. The Morgan fingerprint density at radius 2 is 2.07 bits per heavy atom. The number of amides is 2. The van der Waals surface area contributed by atoms with Crippen molar-refractivity contribution in [3.63, 3.8) is 0 Å². The van der Waals surface area contributed by atoms with Gasteiger partial charge in [0.25, 0.3) is 5.91 Å². The molecule has 1 heterocycles. The number of hydrogen-bond acceptors (Lipinski definition) is 3. The number of aryl methyl sites for hydroxylation is 1. The Bertz CT molecular complexity index is 847. The quantitative estimate of drug-likeness (QED) is 0.840. The van der Waals surface area contributed by atoms with E-state index in [2.05, 4.69) is 5.32 Å². The molecule has 0 aromatic heterocycles. The topological polar surface area (TPSA) is 58.6 Å². The van der Waals surface area contributed by atoms with Gasteiger partial charge in [-0.25, -0.2) is 0 Å². The number of nitrogens with zero attached hydrogens (tertiary/aromatic N) is 1. The summed E-state index contributed by atoms with van der Waals surface area (Å²) < 4.78 is 5.31. The zero-order valence-electron chi connectivity index (χ0n) is 16.1. The fourth-order valence-corrected chi connectivity index (χ4v) is 3.52. The van der Waals surface area contributed by atoms with E-state index in [0.29, 0.717) is 18.5 Å². The molecule has 2 aromatic carbocycles. The van der Waals surface area contributed by atoms with Gasteiger partial charge in [0.15, 0.2) is 0 Å². The number of methoxy groups -OCH3 is 1. The van der Waals surface area contributed by atoms with Crippen LogP contribution in [0.15, 0.2) is 42.5 Å². The third kappa shape index (κ3) is 4.13. The van der Waals surface area contributed by atoms with Gasteiger partial charge in [-0.1, -0.05) is 25.1 Å². The highest BCUT2D eigenvalue weighted by Crippen LogP contribution is 2.26. The molecule has 5 heteroatoms. The van der Waals surface area contributed by atoms with Crippen LogP contribution < -0.4 is 15.0 Å². The summed E-state index contributed by atoms with van der Waals surface area (Å²) in [5.74, 6) is 0.819. The molecule has 27 heavy (non-hydrogen) atoms. The van der Waals surface area contributed by atoms with E-state index in [0.717, 1.165) is 35.4 Å². The molecule has 1 saturated heterocycles. The third-order valence-electron chi connectivity index (χ3n) is 5.03. The molecule has 1 atom stereocenters. The van der Waals surface area contributed by atoms with Crippen molar-refractivity contribution < 1.29 is 14.3 Å². The number of anilines is 1. The number of carbonyl (C=O) groups excluding carboxylic acids is 2. The van der Waals surface area contributed by atoms with E-state index in [1.165, 1.54) is 0 Å². The molecule has 142 valence electrons. The molecule has 2 amide bonds. The fraction of sp³-hybridized carbons (Fsp3) is 0.364. The largest absolute Gasteiger partial charge is 0.496 e. The van der Waals surface area contributed by atoms with E-state index in [-0.39, 0.29) is 17.9 Å². The maximum atomic E-state index is 12.8. The number of hydrogen-bond donors (Lipinski definition) is 1. The van der Waals surface area contributed by atoms with Crippen LogP contribution >= 0.6 is 0 Å². The third-order valence-corrected chi connectivity index (χ3v) is 5.03. The average Bonchev–Trinajstić information content (AvgIpc) is 3.12. The molecule has 0 saturated carbocycles. The van der Waals surface area contributed by atoms with Crippen molar-refractivity contribution in [3.05, 3.63) is 59.2 Å². The maximum absolute atomic E-state index is 12.8. The van der Waals surface area contributed by atoms with Gasteiger partial charge in [0.1, 0.15) is 5.75 Å². The Kier molecular flexibility index (Phi) is 5.79. The number of rotatable bonds is 6. The molecule has 0 radical (unpaired) electrons. The zero-order valence-corrected chi connectivity index (χ0v) is 16.1. The summed E-state index contributed by atoms with van der Waals surface area (Å²) in [5, 5.41) is 3.11. The van der Waals surface area contributed by atoms with Gasteiger partial charge < -0.3 is 15.0 Å². The van der Waals surface area contributed by atoms with E-state index in [4.69, 9.17) is 4.74 Å². The molecule has 1 N–H and O–H groups in total. The van der Waals surface area contributed by atoms with Gasteiger partial charge in [0, 0.05) is 24.2 Å². The standard InChI is InChI=1S/C22H26N2O3/c1-4-19(16-10-11-20(27-3)15(2)13-16)23-22(26)17-7-5-8-18(14-17)24-12-6-9-21(24)25/h5,7-8,10-11,13-14,19H,4,6,9,12H2,1-3H3,(H,23,26). The van der Waals surface area contributed by atoms with Crippen molar-refractivity contribution in [2.75, 3.05) is 18.6 Å². The smallest absolute Gasteiger partial charge is 0.251 e. The first kappa shape index (κ1) is 19.0. The lowest BCUT2D eigenvalue weighted by molar-refractivity contribution is -0.117. The van der Waals surface area contributed by atoms with Crippen molar-refractivity contribution in [3.8, 4) is 5.75 Å². The molecule has 1 fully saturated rings. The van der Waals surface area contributed by atoms with Crippen LogP contribution in [0.1, 0.15) is 53.7 Å². The van der Waals surface area contributed by atoms with Crippen LogP contribution in [0, 0.1) is 6.92 Å². The molecule has 3 rings (SSSR count). The minimum atomic E-state index is -0.135. The lowest BCUT2D eigenvalue weighted by Gasteiger charge is -2.20. The highest BCUT2D eigenvalue weighted by atomic mass is 16.5. The lowest BCUT2D eigenvalue weighted by Crippen LogP contribution is -2.29. The predicted molar refractivity (Wildman–Crippen MR) is 106 cm³/mol. The minimum Gasteiger partial charge on any atom is -0.496 e. The second-order valence-electron chi connectivity index (χ2n) is 6.86. The average molecular weight is 366 g/mol. The van der Waals surface area contributed by atoms with Gasteiger partial charge in [-0.15, -0.1) is 0 Å².